The van der Waals surface area contributed by atoms with Crippen molar-refractivity contribution in [2.75, 3.05) is 0 Å². The second-order valence-electron chi connectivity index (χ2n) is 5.84. The first-order valence-corrected chi connectivity index (χ1v) is 6.73. The van der Waals surface area contributed by atoms with E-state index < -0.39 is 11.6 Å². The molecule has 100 valence electrons. The van der Waals surface area contributed by atoms with Crippen LogP contribution in [0.15, 0.2) is 12.1 Å². The summed E-state index contributed by atoms with van der Waals surface area (Å²) in [6.45, 7) is 0. The average Bonchev–Trinajstić information content (AvgIpc) is 3.01. The van der Waals surface area contributed by atoms with E-state index in [4.69, 9.17) is 5.73 Å². The molecule has 0 aliphatic heterocycles. The second kappa shape index (κ2) is 3.76. The van der Waals surface area contributed by atoms with Crippen LogP contribution in [0.2, 0.25) is 0 Å². The standard InChI is InChI=1S/C14H15F2N3/c15-8-4-9(16)13-10(5-8)18-14(19-13)11-6-1-2-7(3-6)12(11)17/h4-7,11-12H,1-3,17H2,(H,18,19). The van der Waals surface area contributed by atoms with E-state index in [1.807, 2.05) is 0 Å². The van der Waals surface area contributed by atoms with Crippen molar-refractivity contribution in [3.63, 3.8) is 0 Å². The molecule has 2 aromatic rings. The Balaban J connectivity index is 1.82. The molecule has 4 atom stereocenters. The van der Waals surface area contributed by atoms with Crippen molar-refractivity contribution in [3.05, 3.63) is 29.6 Å². The van der Waals surface area contributed by atoms with Gasteiger partial charge < -0.3 is 10.7 Å². The zero-order valence-electron chi connectivity index (χ0n) is 10.4. The summed E-state index contributed by atoms with van der Waals surface area (Å²) in [6, 6.07) is 2.24. The van der Waals surface area contributed by atoms with Crippen LogP contribution >= 0.6 is 0 Å². The number of aromatic amines is 1. The molecular formula is C14H15F2N3. The van der Waals surface area contributed by atoms with Crippen LogP contribution in [0.25, 0.3) is 11.0 Å². The summed E-state index contributed by atoms with van der Waals surface area (Å²) in [4.78, 5) is 7.39. The van der Waals surface area contributed by atoms with Gasteiger partial charge in [0.05, 0.1) is 5.52 Å². The number of nitrogens with one attached hydrogen (secondary N) is 1. The molecule has 3 nitrogen and oxygen atoms in total. The molecular weight excluding hydrogens is 248 g/mol. The highest BCUT2D eigenvalue weighted by Crippen LogP contribution is 2.51. The smallest absolute Gasteiger partial charge is 0.153 e. The Labute approximate surface area is 109 Å². The van der Waals surface area contributed by atoms with Crippen molar-refractivity contribution in [1.82, 2.24) is 9.97 Å². The molecule has 1 aromatic heterocycles. The van der Waals surface area contributed by atoms with E-state index in [1.165, 1.54) is 12.5 Å². The molecule has 0 amide bonds. The molecule has 0 saturated heterocycles. The van der Waals surface area contributed by atoms with Crippen molar-refractivity contribution in [2.45, 2.75) is 31.2 Å². The quantitative estimate of drug-likeness (QED) is 0.831. The van der Waals surface area contributed by atoms with Gasteiger partial charge in [0.2, 0.25) is 0 Å². The van der Waals surface area contributed by atoms with Gasteiger partial charge in [-0.15, -0.1) is 0 Å². The Morgan fingerprint density at radius 2 is 2.00 bits per heavy atom. The Bertz CT molecular complexity index is 649. The number of imidazole rings is 1. The van der Waals surface area contributed by atoms with Crippen molar-refractivity contribution in [2.24, 2.45) is 17.6 Å². The van der Waals surface area contributed by atoms with Gasteiger partial charge in [0.1, 0.15) is 17.2 Å². The number of fused-ring (bicyclic) bond motifs is 3. The molecule has 4 rings (SSSR count). The van der Waals surface area contributed by atoms with E-state index in [0.717, 1.165) is 24.7 Å². The predicted octanol–water partition coefficient (Wildman–Crippen LogP) is 2.68. The summed E-state index contributed by atoms with van der Waals surface area (Å²) in [5, 5.41) is 0. The van der Waals surface area contributed by atoms with Gasteiger partial charge in [0.25, 0.3) is 0 Å². The van der Waals surface area contributed by atoms with E-state index in [2.05, 4.69) is 9.97 Å². The minimum atomic E-state index is -0.616. The minimum absolute atomic E-state index is 0.0900. The van der Waals surface area contributed by atoms with Gasteiger partial charge in [-0.2, -0.15) is 0 Å². The number of H-pyrrole nitrogens is 1. The fraction of sp³-hybridized carbons (Fsp3) is 0.500. The number of nitrogens with two attached hydrogens (primary N) is 1. The third-order valence-electron chi connectivity index (χ3n) is 4.82. The summed E-state index contributed by atoms with van der Waals surface area (Å²) >= 11 is 0. The largest absolute Gasteiger partial charge is 0.342 e. The molecule has 2 fully saturated rings. The fourth-order valence-electron chi connectivity index (χ4n) is 3.96. The van der Waals surface area contributed by atoms with Crippen molar-refractivity contribution in [3.8, 4) is 0 Å². The van der Waals surface area contributed by atoms with Crippen LogP contribution in [-0.2, 0) is 0 Å². The molecule has 0 radical (unpaired) electrons. The fourth-order valence-corrected chi connectivity index (χ4v) is 3.96. The number of aromatic nitrogens is 2. The lowest BCUT2D eigenvalue weighted by Crippen LogP contribution is -2.34. The Morgan fingerprint density at radius 3 is 2.74 bits per heavy atom. The second-order valence-corrected chi connectivity index (χ2v) is 5.84. The van der Waals surface area contributed by atoms with E-state index in [1.54, 1.807) is 0 Å². The van der Waals surface area contributed by atoms with Gasteiger partial charge in [-0.05, 0) is 37.2 Å². The zero-order valence-corrected chi connectivity index (χ0v) is 10.4. The summed E-state index contributed by atoms with van der Waals surface area (Å²) < 4.78 is 26.9. The van der Waals surface area contributed by atoms with Crippen LogP contribution in [0.5, 0.6) is 0 Å². The molecule has 2 saturated carbocycles. The van der Waals surface area contributed by atoms with Crippen LogP contribution in [0.3, 0.4) is 0 Å². The minimum Gasteiger partial charge on any atom is -0.342 e. The Morgan fingerprint density at radius 1 is 1.21 bits per heavy atom. The summed E-state index contributed by atoms with van der Waals surface area (Å²) in [6.07, 6.45) is 3.49. The van der Waals surface area contributed by atoms with Crippen LogP contribution in [0.4, 0.5) is 8.78 Å². The molecule has 4 unspecified atom stereocenters. The zero-order chi connectivity index (χ0) is 13.1. The lowest BCUT2D eigenvalue weighted by atomic mass is 9.84. The molecule has 5 heteroatoms. The molecule has 3 N–H and O–H groups in total. The third kappa shape index (κ3) is 1.54. The highest BCUT2D eigenvalue weighted by molar-refractivity contribution is 5.76. The number of rotatable bonds is 1. The number of hydrogen-bond donors (Lipinski definition) is 2. The van der Waals surface area contributed by atoms with Gasteiger partial charge in [-0.3, -0.25) is 0 Å². The van der Waals surface area contributed by atoms with Crippen LogP contribution < -0.4 is 5.73 Å². The maximum Gasteiger partial charge on any atom is 0.153 e. The molecule has 2 aliphatic carbocycles. The van der Waals surface area contributed by atoms with Crippen LogP contribution in [0.1, 0.15) is 31.0 Å². The van der Waals surface area contributed by atoms with E-state index in [-0.39, 0.29) is 17.5 Å². The van der Waals surface area contributed by atoms with Crippen LogP contribution in [-0.4, -0.2) is 16.0 Å². The number of benzene rings is 1. The predicted molar refractivity (Wildman–Crippen MR) is 67.6 cm³/mol. The molecule has 1 heterocycles. The van der Waals surface area contributed by atoms with Gasteiger partial charge in [-0.25, -0.2) is 13.8 Å². The van der Waals surface area contributed by atoms with Crippen molar-refractivity contribution < 1.29 is 8.78 Å². The average molecular weight is 263 g/mol. The first-order valence-electron chi connectivity index (χ1n) is 6.73. The van der Waals surface area contributed by atoms with Crippen LogP contribution in [0, 0.1) is 23.5 Å². The maximum absolute atomic E-state index is 13.7. The Hall–Kier alpha value is -1.49. The lowest BCUT2D eigenvalue weighted by Gasteiger charge is -2.26. The summed E-state index contributed by atoms with van der Waals surface area (Å²) in [7, 11) is 0. The van der Waals surface area contributed by atoms with E-state index in [0.29, 0.717) is 17.4 Å². The van der Waals surface area contributed by atoms with E-state index in [9.17, 15) is 8.78 Å². The number of nitrogens with zero attached hydrogens (tertiary/aromatic N) is 1. The molecule has 1 aromatic carbocycles. The summed E-state index contributed by atoms with van der Waals surface area (Å²) in [5.74, 6) is 0.776. The van der Waals surface area contributed by atoms with Gasteiger partial charge in [-0.1, -0.05) is 0 Å². The van der Waals surface area contributed by atoms with Gasteiger partial charge >= 0.3 is 0 Å². The van der Waals surface area contributed by atoms with Gasteiger partial charge in [0.15, 0.2) is 5.82 Å². The normalized spacial score (nSPS) is 33.4. The first kappa shape index (κ1) is 11.3. The number of halogens is 2. The van der Waals surface area contributed by atoms with Gasteiger partial charge in [0, 0.05) is 18.0 Å². The Kier molecular flexibility index (Phi) is 2.24. The highest BCUT2D eigenvalue weighted by Gasteiger charge is 2.47. The first-order chi connectivity index (χ1) is 9.13. The van der Waals surface area contributed by atoms with Crippen molar-refractivity contribution >= 4 is 11.0 Å². The van der Waals surface area contributed by atoms with E-state index >= 15 is 0 Å². The highest BCUT2D eigenvalue weighted by atomic mass is 19.1. The molecule has 19 heavy (non-hydrogen) atoms. The maximum atomic E-state index is 13.7. The third-order valence-corrected chi connectivity index (χ3v) is 4.82. The SMILES string of the molecule is NC1C2CCC(C2)C1c1nc2c(F)cc(F)cc2[nH]1. The monoisotopic (exact) mass is 263 g/mol. The number of hydrogen-bond acceptors (Lipinski definition) is 2. The topological polar surface area (TPSA) is 54.7 Å². The molecule has 2 bridgehead atoms. The van der Waals surface area contributed by atoms with Crippen molar-refractivity contribution in [1.29, 1.82) is 0 Å². The molecule has 0 spiro atoms. The molecule has 2 aliphatic rings. The lowest BCUT2D eigenvalue weighted by molar-refractivity contribution is 0.356. The summed E-state index contributed by atoms with van der Waals surface area (Å²) in [5.41, 5.74) is 6.89.